The van der Waals surface area contributed by atoms with Crippen LogP contribution in [0.15, 0.2) is 12.1 Å². The van der Waals surface area contributed by atoms with E-state index in [9.17, 15) is 13.2 Å². The summed E-state index contributed by atoms with van der Waals surface area (Å²) in [5.41, 5.74) is -1.02. The predicted octanol–water partition coefficient (Wildman–Crippen LogP) is 1.57. The quantitative estimate of drug-likeness (QED) is 0.846. The van der Waals surface area contributed by atoms with Crippen LogP contribution in [0.3, 0.4) is 0 Å². The van der Waals surface area contributed by atoms with E-state index < -0.39 is 11.9 Å². The van der Waals surface area contributed by atoms with E-state index in [2.05, 4.69) is 15.5 Å². The van der Waals surface area contributed by atoms with Crippen LogP contribution in [0.5, 0.6) is 0 Å². The Bertz CT molecular complexity index is 356. The molecular weight excluding hydrogens is 251 g/mol. The Labute approximate surface area is 102 Å². The van der Waals surface area contributed by atoms with Gasteiger partial charge in [-0.3, -0.25) is 0 Å². The van der Waals surface area contributed by atoms with E-state index in [0.717, 1.165) is 6.07 Å². The summed E-state index contributed by atoms with van der Waals surface area (Å²) >= 11 is 0. The second-order valence-electron chi connectivity index (χ2n) is 3.50. The van der Waals surface area contributed by atoms with E-state index in [-0.39, 0.29) is 11.9 Å². The summed E-state index contributed by atoms with van der Waals surface area (Å²) in [4.78, 5) is 0. The Hall–Kier alpha value is -1.41. The minimum atomic E-state index is -4.48. The molecule has 0 saturated carbocycles. The molecule has 102 valence electrons. The predicted molar refractivity (Wildman–Crippen MR) is 58.2 cm³/mol. The minimum absolute atomic E-state index is 0.209. The van der Waals surface area contributed by atoms with Crippen molar-refractivity contribution in [2.45, 2.75) is 12.3 Å². The third-order valence-electron chi connectivity index (χ3n) is 2.15. The number of hydrogen-bond donors (Lipinski definition) is 1. The monoisotopic (exact) mass is 265 g/mol. The molecule has 1 unspecified atom stereocenters. The SMILES string of the molecule is COCC(CNc1ccc(C(F)(F)F)nn1)OC. The van der Waals surface area contributed by atoms with E-state index in [1.807, 2.05) is 0 Å². The summed E-state index contributed by atoms with van der Waals surface area (Å²) in [6.07, 6.45) is -4.68. The Morgan fingerprint density at radius 3 is 2.44 bits per heavy atom. The molecule has 0 aliphatic heterocycles. The molecule has 1 rings (SSSR count). The van der Waals surface area contributed by atoms with Crippen LogP contribution in [0.4, 0.5) is 19.0 Å². The molecule has 0 spiro atoms. The van der Waals surface area contributed by atoms with Crippen molar-refractivity contribution in [3.63, 3.8) is 0 Å². The molecule has 18 heavy (non-hydrogen) atoms. The van der Waals surface area contributed by atoms with Crippen molar-refractivity contribution < 1.29 is 22.6 Å². The van der Waals surface area contributed by atoms with Crippen LogP contribution in [0.25, 0.3) is 0 Å². The van der Waals surface area contributed by atoms with Crippen LogP contribution in [-0.2, 0) is 15.7 Å². The average molecular weight is 265 g/mol. The summed E-state index contributed by atoms with van der Waals surface area (Å²) in [6, 6.07) is 2.09. The maximum atomic E-state index is 12.2. The van der Waals surface area contributed by atoms with Gasteiger partial charge in [0.25, 0.3) is 0 Å². The van der Waals surface area contributed by atoms with Gasteiger partial charge in [0.15, 0.2) is 5.69 Å². The van der Waals surface area contributed by atoms with Crippen LogP contribution < -0.4 is 5.32 Å². The number of hydrogen-bond acceptors (Lipinski definition) is 5. The molecule has 0 saturated heterocycles. The molecule has 1 aromatic heterocycles. The lowest BCUT2D eigenvalue weighted by Gasteiger charge is -2.15. The van der Waals surface area contributed by atoms with Crippen molar-refractivity contribution >= 4 is 5.82 Å². The van der Waals surface area contributed by atoms with Gasteiger partial charge in [-0.25, -0.2) is 0 Å². The minimum Gasteiger partial charge on any atom is -0.382 e. The molecule has 8 heteroatoms. The number of nitrogens with one attached hydrogen (secondary N) is 1. The van der Waals surface area contributed by atoms with Gasteiger partial charge in [0.2, 0.25) is 0 Å². The molecule has 0 aliphatic rings. The number of nitrogens with zero attached hydrogens (tertiary/aromatic N) is 2. The van der Waals surface area contributed by atoms with Gasteiger partial charge in [-0.1, -0.05) is 0 Å². The fourth-order valence-electron chi connectivity index (χ4n) is 1.19. The largest absolute Gasteiger partial charge is 0.435 e. The molecule has 0 bridgehead atoms. The molecule has 0 aromatic carbocycles. The zero-order chi connectivity index (χ0) is 13.6. The second-order valence-corrected chi connectivity index (χ2v) is 3.50. The maximum absolute atomic E-state index is 12.2. The van der Waals surface area contributed by atoms with Crippen molar-refractivity contribution in [1.29, 1.82) is 0 Å². The van der Waals surface area contributed by atoms with Crippen molar-refractivity contribution in [3.8, 4) is 0 Å². The Kier molecular flexibility index (Phi) is 5.29. The molecule has 0 fully saturated rings. The lowest BCUT2D eigenvalue weighted by atomic mass is 10.3. The molecule has 1 atom stereocenters. The van der Waals surface area contributed by atoms with E-state index in [4.69, 9.17) is 9.47 Å². The summed E-state index contributed by atoms with van der Waals surface area (Å²) in [7, 11) is 3.05. The molecule has 1 heterocycles. The van der Waals surface area contributed by atoms with Crippen LogP contribution in [0, 0.1) is 0 Å². The maximum Gasteiger partial charge on any atom is 0.435 e. The first-order valence-corrected chi connectivity index (χ1v) is 5.14. The van der Waals surface area contributed by atoms with Crippen LogP contribution >= 0.6 is 0 Å². The number of rotatable bonds is 6. The summed E-state index contributed by atoms with van der Waals surface area (Å²) < 4.78 is 46.7. The first kappa shape index (κ1) is 14.7. The van der Waals surface area contributed by atoms with Gasteiger partial charge in [-0.15, -0.1) is 10.2 Å². The molecule has 0 radical (unpaired) electrons. The molecule has 1 aromatic rings. The van der Waals surface area contributed by atoms with Crippen LogP contribution in [0.1, 0.15) is 5.69 Å². The number of ether oxygens (including phenoxy) is 2. The first-order chi connectivity index (χ1) is 8.47. The molecular formula is C10H14F3N3O2. The highest BCUT2D eigenvalue weighted by atomic mass is 19.4. The number of halogens is 3. The zero-order valence-corrected chi connectivity index (χ0v) is 9.99. The van der Waals surface area contributed by atoms with Gasteiger partial charge in [-0.05, 0) is 12.1 Å². The summed E-state index contributed by atoms with van der Waals surface area (Å²) in [5, 5.41) is 9.34. The van der Waals surface area contributed by atoms with Crippen molar-refractivity contribution in [2.24, 2.45) is 0 Å². The highest BCUT2D eigenvalue weighted by Gasteiger charge is 2.32. The van der Waals surface area contributed by atoms with Crippen LogP contribution in [0.2, 0.25) is 0 Å². The Morgan fingerprint density at radius 1 is 1.28 bits per heavy atom. The second kappa shape index (κ2) is 6.50. The summed E-state index contributed by atoms with van der Waals surface area (Å²) in [6.45, 7) is 0.738. The smallest absolute Gasteiger partial charge is 0.382 e. The van der Waals surface area contributed by atoms with Crippen LogP contribution in [-0.4, -0.2) is 43.7 Å². The van der Waals surface area contributed by atoms with E-state index >= 15 is 0 Å². The Morgan fingerprint density at radius 2 is 2.00 bits per heavy atom. The third-order valence-corrected chi connectivity index (χ3v) is 2.15. The van der Waals surface area contributed by atoms with E-state index in [1.165, 1.54) is 20.3 Å². The van der Waals surface area contributed by atoms with Gasteiger partial charge >= 0.3 is 6.18 Å². The van der Waals surface area contributed by atoms with Crippen molar-refractivity contribution in [3.05, 3.63) is 17.8 Å². The standard InChI is InChI=1S/C10H14F3N3O2/c1-17-6-7(18-2)5-14-9-4-3-8(15-16-9)10(11,12)13/h3-4,7H,5-6H2,1-2H3,(H,14,16). The molecule has 0 aliphatic carbocycles. The average Bonchev–Trinajstić information content (AvgIpc) is 2.34. The molecule has 1 N–H and O–H groups in total. The topological polar surface area (TPSA) is 56.3 Å². The highest BCUT2D eigenvalue weighted by Crippen LogP contribution is 2.26. The lowest BCUT2D eigenvalue weighted by molar-refractivity contribution is -0.141. The lowest BCUT2D eigenvalue weighted by Crippen LogP contribution is -2.27. The number of aromatic nitrogens is 2. The fourth-order valence-corrected chi connectivity index (χ4v) is 1.19. The van der Waals surface area contributed by atoms with Gasteiger partial charge in [0, 0.05) is 20.8 Å². The Balaban J connectivity index is 2.53. The summed E-state index contributed by atoms with van der Waals surface area (Å²) in [5.74, 6) is 0.251. The van der Waals surface area contributed by atoms with E-state index in [0.29, 0.717) is 13.2 Å². The number of methoxy groups -OCH3 is 2. The van der Waals surface area contributed by atoms with E-state index in [1.54, 1.807) is 0 Å². The van der Waals surface area contributed by atoms with Crippen molar-refractivity contribution in [2.75, 3.05) is 32.7 Å². The van der Waals surface area contributed by atoms with Gasteiger partial charge in [-0.2, -0.15) is 13.2 Å². The normalized spacial score (nSPS) is 13.4. The number of alkyl halides is 3. The van der Waals surface area contributed by atoms with Gasteiger partial charge < -0.3 is 14.8 Å². The molecule has 5 nitrogen and oxygen atoms in total. The number of anilines is 1. The fraction of sp³-hybridized carbons (Fsp3) is 0.600. The molecule has 0 amide bonds. The first-order valence-electron chi connectivity index (χ1n) is 5.14. The van der Waals surface area contributed by atoms with Gasteiger partial charge in [0.1, 0.15) is 5.82 Å². The van der Waals surface area contributed by atoms with Gasteiger partial charge in [0.05, 0.1) is 12.7 Å². The third kappa shape index (κ3) is 4.46. The zero-order valence-electron chi connectivity index (χ0n) is 9.99. The van der Waals surface area contributed by atoms with Crippen molar-refractivity contribution in [1.82, 2.24) is 10.2 Å². The highest BCUT2D eigenvalue weighted by molar-refractivity contribution is 5.33.